The van der Waals surface area contributed by atoms with Gasteiger partial charge in [-0.25, -0.2) is 0 Å². The first-order valence-electron chi connectivity index (χ1n) is 13.7. The van der Waals surface area contributed by atoms with Crippen LogP contribution in [0.2, 0.25) is 0 Å². The zero-order valence-electron chi connectivity index (χ0n) is 22.0. The number of aliphatic hydroxyl groups is 1. The molecule has 4 aliphatic rings. The zero-order chi connectivity index (χ0) is 27.6. The number of ether oxygens (including phenoxy) is 2. The van der Waals surface area contributed by atoms with Gasteiger partial charge in [-0.3, -0.25) is 14.4 Å². The van der Waals surface area contributed by atoms with Crippen molar-refractivity contribution >= 4 is 17.5 Å². The lowest BCUT2D eigenvalue weighted by Crippen LogP contribution is -2.64. The molecule has 7 heteroatoms. The molecule has 3 aromatic carbocycles. The quantitative estimate of drug-likeness (QED) is 0.169. The van der Waals surface area contributed by atoms with E-state index in [1.165, 1.54) is 0 Å². The summed E-state index contributed by atoms with van der Waals surface area (Å²) in [5, 5.41) is 11.0. The van der Waals surface area contributed by atoms with Gasteiger partial charge in [-0.1, -0.05) is 78.9 Å². The van der Waals surface area contributed by atoms with E-state index in [0.29, 0.717) is 5.75 Å². The standard InChI is InChI=1S/C33H29NO6/c1-34-17-16-33-22-13-14-24(35)31(33)40-30-25(15-12-21(27(30)33)18-23(22)34)39-32(38)26(28(36)19-8-4-2-5-9-19)29(37)20-10-6-3-7-11-20/h2-15,22-24,26,31,35H,16-18H2,1H3/t22-,23+,24-,31-,33-/m0/s1. The average Bonchev–Trinajstić information content (AvgIpc) is 3.34. The molecule has 2 bridgehead atoms. The molecule has 0 aromatic heterocycles. The fourth-order valence-electron chi connectivity index (χ4n) is 7.35. The second-order valence-electron chi connectivity index (χ2n) is 11.2. The van der Waals surface area contributed by atoms with E-state index in [0.717, 1.165) is 30.5 Å². The topological polar surface area (TPSA) is 93.1 Å². The summed E-state index contributed by atoms with van der Waals surface area (Å²) in [5.74, 6) is -3.12. The van der Waals surface area contributed by atoms with Gasteiger partial charge in [0.2, 0.25) is 0 Å². The number of ketones is 2. The number of nitrogens with zero attached hydrogens (tertiary/aromatic N) is 1. The van der Waals surface area contributed by atoms with E-state index in [2.05, 4.69) is 18.0 Å². The van der Waals surface area contributed by atoms with Gasteiger partial charge in [0.25, 0.3) is 0 Å². The van der Waals surface area contributed by atoms with Crippen LogP contribution < -0.4 is 9.47 Å². The normalized spacial score (nSPS) is 27.6. The minimum Gasteiger partial charge on any atom is -0.482 e. The van der Waals surface area contributed by atoms with E-state index in [4.69, 9.17) is 9.47 Å². The van der Waals surface area contributed by atoms with Gasteiger partial charge in [-0.2, -0.15) is 0 Å². The van der Waals surface area contributed by atoms with Crippen LogP contribution in [-0.2, 0) is 16.6 Å². The van der Waals surface area contributed by atoms with Gasteiger partial charge in [0.15, 0.2) is 29.0 Å². The van der Waals surface area contributed by atoms with Crippen molar-refractivity contribution in [3.05, 3.63) is 107 Å². The molecular weight excluding hydrogens is 506 g/mol. The van der Waals surface area contributed by atoms with Gasteiger partial charge in [-0.05, 0) is 38.1 Å². The number of hydrogen-bond donors (Lipinski definition) is 1. The maximum absolute atomic E-state index is 13.8. The summed E-state index contributed by atoms with van der Waals surface area (Å²) in [5.41, 5.74) is 2.18. The van der Waals surface area contributed by atoms with E-state index in [1.807, 2.05) is 12.1 Å². The van der Waals surface area contributed by atoms with E-state index in [-0.39, 0.29) is 28.8 Å². The van der Waals surface area contributed by atoms with Crippen molar-refractivity contribution in [2.24, 2.45) is 11.8 Å². The Labute approximate surface area is 232 Å². The number of likely N-dealkylation sites (N-methyl/N-ethyl adjacent to an activating group) is 1. The number of rotatable bonds is 6. The molecule has 2 aliphatic carbocycles. The van der Waals surface area contributed by atoms with Gasteiger partial charge in [-0.15, -0.1) is 0 Å². The average molecular weight is 536 g/mol. The summed E-state index contributed by atoms with van der Waals surface area (Å²) in [7, 11) is 2.14. The van der Waals surface area contributed by atoms with Crippen LogP contribution in [0.3, 0.4) is 0 Å². The van der Waals surface area contributed by atoms with Crippen LogP contribution in [0, 0.1) is 11.8 Å². The highest BCUT2D eigenvalue weighted by atomic mass is 16.6. The fourth-order valence-corrected chi connectivity index (χ4v) is 7.35. The van der Waals surface area contributed by atoms with E-state index in [1.54, 1.807) is 66.7 Å². The van der Waals surface area contributed by atoms with Crippen molar-refractivity contribution in [1.82, 2.24) is 4.90 Å². The number of Topliss-reactive ketones (excluding diaryl/α,β-unsaturated/α-hetero) is 2. The fraction of sp³-hybridized carbons (Fsp3) is 0.303. The van der Waals surface area contributed by atoms with Crippen LogP contribution in [0.4, 0.5) is 0 Å². The Morgan fingerprint density at radius 3 is 2.25 bits per heavy atom. The molecule has 40 heavy (non-hydrogen) atoms. The Balaban J connectivity index is 1.28. The monoisotopic (exact) mass is 535 g/mol. The molecule has 1 saturated heterocycles. The first kappa shape index (κ1) is 24.9. The maximum Gasteiger partial charge on any atom is 0.330 e. The summed E-state index contributed by atoms with van der Waals surface area (Å²) < 4.78 is 12.4. The summed E-state index contributed by atoms with van der Waals surface area (Å²) in [4.78, 5) is 43.2. The maximum atomic E-state index is 13.8. The third-order valence-corrected chi connectivity index (χ3v) is 9.22. The first-order valence-corrected chi connectivity index (χ1v) is 13.7. The Kier molecular flexibility index (Phi) is 5.77. The molecular formula is C33H29NO6. The van der Waals surface area contributed by atoms with Gasteiger partial charge in [0.05, 0.1) is 0 Å². The Morgan fingerprint density at radius 1 is 0.950 bits per heavy atom. The van der Waals surface area contributed by atoms with Crippen molar-refractivity contribution in [3.8, 4) is 11.5 Å². The summed E-state index contributed by atoms with van der Waals surface area (Å²) >= 11 is 0. The molecule has 0 amide bonds. The Morgan fingerprint density at radius 2 is 1.60 bits per heavy atom. The highest BCUT2D eigenvalue weighted by molar-refractivity contribution is 6.26. The first-order chi connectivity index (χ1) is 19.4. The van der Waals surface area contributed by atoms with Gasteiger partial charge < -0.3 is 19.5 Å². The molecule has 202 valence electrons. The van der Waals surface area contributed by atoms with Gasteiger partial charge in [0, 0.05) is 34.1 Å². The second kappa shape index (κ2) is 9.25. The van der Waals surface area contributed by atoms with E-state index in [9.17, 15) is 19.5 Å². The van der Waals surface area contributed by atoms with Crippen molar-refractivity contribution in [3.63, 3.8) is 0 Å². The van der Waals surface area contributed by atoms with Crippen LogP contribution in [0.1, 0.15) is 38.3 Å². The highest BCUT2D eigenvalue weighted by Gasteiger charge is 2.64. The molecule has 7 rings (SSSR count). The largest absolute Gasteiger partial charge is 0.482 e. The van der Waals surface area contributed by atoms with E-state index < -0.39 is 41.1 Å². The van der Waals surface area contributed by atoms with Crippen molar-refractivity contribution in [1.29, 1.82) is 0 Å². The van der Waals surface area contributed by atoms with Crippen molar-refractivity contribution in [2.75, 3.05) is 13.6 Å². The molecule has 0 saturated carbocycles. The number of benzene rings is 3. The molecule has 2 aliphatic heterocycles. The third-order valence-electron chi connectivity index (χ3n) is 9.22. The molecule has 2 heterocycles. The van der Waals surface area contributed by atoms with Gasteiger partial charge in [0.1, 0.15) is 12.2 Å². The molecule has 0 unspecified atom stereocenters. The Bertz CT molecular complexity index is 1500. The highest BCUT2D eigenvalue weighted by Crippen LogP contribution is 2.62. The molecule has 0 radical (unpaired) electrons. The predicted molar refractivity (Wildman–Crippen MR) is 147 cm³/mol. The number of likely N-dealkylation sites (tertiary alicyclic amines) is 1. The predicted octanol–water partition coefficient (Wildman–Crippen LogP) is 3.78. The van der Waals surface area contributed by atoms with Crippen LogP contribution in [-0.4, -0.2) is 59.4 Å². The lowest BCUT2D eigenvalue weighted by Gasteiger charge is -2.56. The lowest BCUT2D eigenvalue weighted by molar-refractivity contribution is -0.136. The number of hydrogen-bond acceptors (Lipinski definition) is 7. The number of carbonyl (C=O) groups excluding carboxylic acids is 3. The summed E-state index contributed by atoms with van der Waals surface area (Å²) in [6.45, 7) is 0.865. The number of esters is 1. The molecule has 1 N–H and O–H groups in total. The summed E-state index contributed by atoms with van der Waals surface area (Å²) in [6, 6.07) is 20.5. The van der Waals surface area contributed by atoms with Crippen molar-refractivity contribution < 1.29 is 29.0 Å². The minimum atomic E-state index is -1.68. The minimum absolute atomic E-state index is 0.159. The van der Waals surface area contributed by atoms with Crippen molar-refractivity contribution in [2.45, 2.75) is 36.5 Å². The molecule has 1 fully saturated rings. The molecule has 3 aromatic rings. The second-order valence-corrected chi connectivity index (χ2v) is 11.2. The third kappa shape index (κ3) is 3.54. The van der Waals surface area contributed by atoms with E-state index >= 15 is 0 Å². The number of carbonyl (C=O) groups is 3. The van der Waals surface area contributed by atoms with Crippen LogP contribution >= 0.6 is 0 Å². The number of piperidine rings is 1. The number of aliphatic hydroxyl groups excluding tert-OH is 1. The molecule has 1 spiro atoms. The van der Waals surface area contributed by atoms with Gasteiger partial charge >= 0.3 is 5.97 Å². The van der Waals surface area contributed by atoms with Crippen LogP contribution in [0.25, 0.3) is 0 Å². The molecule has 7 nitrogen and oxygen atoms in total. The zero-order valence-corrected chi connectivity index (χ0v) is 22.0. The van der Waals surface area contributed by atoms with Crippen LogP contribution in [0.15, 0.2) is 84.9 Å². The smallest absolute Gasteiger partial charge is 0.330 e. The lowest BCUT2D eigenvalue weighted by atomic mass is 9.53. The summed E-state index contributed by atoms with van der Waals surface area (Å²) in [6.07, 6.45) is 4.26. The van der Waals surface area contributed by atoms with Crippen LogP contribution in [0.5, 0.6) is 11.5 Å². The molecule has 5 atom stereocenters. The Hall–Kier alpha value is -4.07. The SMILES string of the molecule is CN1CC[C@]23c4c5ccc(OC(=O)C(C(=O)c6ccccc6)C(=O)c6ccccc6)c4O[C@H]2[C@@H](O)C=C[C@H]3[C@H]1C5.